The van der Waals surface area contributed by atoms with Crippen LogP contribution in [0, 0.1) is 0 Å². The van der Waals surface area contributed by atoms with Crippen molar-refractivity contribution in [3.8, 4) is 0 Å². The maximum absolute atomic E-state index is 13.3. The van der Waals surface area contributed by atoms with Gasteiger partial charge < -0.3 is 10.4 Å². The number of halogens is 4. The first-order valence-electron chi connectivity index (χ1n) is 7.36. The fourth-order valence-electron chi connectivity index (χ4n) is 2.91. The zero-order chi connectivity index (χ0) is 16.2. The molecule has 1 aliphatic heterocycles. The van der Waals surface area contributed by atoms with Crippen LogP contribution in [0.5, 0.6) is 0 Å². The third-order valence-electron chi connectivity index (χ3n) is 3.92. The Morgan fingerprint density at radius 2 is 1.95 bits per heavy atom. The molecule has 0 amide bonds. The third-order valence-corrected chi connectivity index (χ3v) is 4.25. The van der Waals surface area contributed by atoms with E-state index in [4.69, 9.17) is 16.7 Å². The van der Waals surface area contributed by atoms with Crippen LogP contribution in [-0.4, -0.2) is 42.8 Å². The van der Waals surface area contributed by atoms with Crippen LogP contribution in [0.25, 0.3) is 0 Å². The minimum Gasteiger partial charge on any atom is -0.396 e. The molecule has 124 valence electrons. The smallest absolute Gasteiger partial charge is 0.396 e. The maximum atomic E-state index is 13.3. The van der Waals surface area contributed by atoms with Gasteiger partial charge in [0.05, 0.1) is 5.56 Å². The van der Waals surface area contributed by atoms with E-state index in [1.165, 1.54) is 12.1 Å². The Bertz CT molecular complexity index is 490. The van der Waals surface area contributed by atoms with E-state index in [0.717, 1.165) is 19.2 Å². The first-order valence-corrected chi connectivity index (χ1v) is 7.74. The summed E-state index contributed by atoms with van der Waals surface area (Å²) in [7, 11) is 0. The second-order valence-corrected chi connectivity index (χ2v) is 5.77. The van der Waals surface area contributed by atoms with Crippen molar-refractivity contribution >= 4 is 11.6 Å². The predicted octanol–water partition coefficient (Wildman–Crippen LogP) is 3.08. The van der Waals surface area contributed by atoms with Gasteiger partial charge in [-0.15, -0.1) is 0 Å². The molecule has 1 aromatic carbocycles. The summed E-state index contributed by atoms with van der Waals surface area (Å²) in [5.41, 5.74) is -0.548. The molecule has 0 aliphatic carbocycles. The Kier molecular flexibility index (Phi) is 6.09. The van der Waals surface area contributed by atoms with E-state index in [9.17, 15) is 13.2 Å². The fraction of sp³-hybridized carbons (Fsp3) is 0.600. The molecule has 0 spiro atoms. The highest BCUT2D eigenvalue weighted by molar-refractivity contribution is 6.31. The lowest BCUT2D eigenvalue weighted by Gasteiger charge is -2.36. The average molecular weight is 337 g/mol. The van der Waals surface area contributed by atoms with E-state index in [2.05, 4.69) is 5.32 Å². The van der Waals surface area contributed by atoms with Crippen molar-refractivity contribution < 1.29 is 18.3 Å². The molecule has 0 unspecified atom stereocenters. The molecule has 0 aromatic heterocycles. The van der Waals surface area contributed by atoms with Crippen LogP contribution in [0.3, 0.4) is 0 Å². The zero-order valence-corrected chi connectivity index (χ0v) is 12.9. The van der Waals surface area contributed by atoms with Gasteiger partial charge >= 0.3 is 6.18 Å². The minimum atomic E-state index is -4.44. The van der Waals surface area contributed by atoms with Crippen LogP contribution in [0.15, 0.2) is 18.2 Å². The normalized spacial score (nSPS) is 18.4. The number of rotatable bonds is 5. The van der Waals surface area contributed by atoms with E-state index in [1.54, 1.807) is 0 Å². The molecule has 1 fully saturated rings. The standard InChI is InChI=1S/C15H20ClF3N2O/c16-12-4-1-3-11(15(17,18)19)14(12)13(5-2-10-22)21-8-6-20-7-9-21/h1,3-4,13,20,22H,2,5-10H2/t13-/m1/s1. The summed E-state index contributed by atoms with van der Waals surface area (Å²) in [5.74, 6) is 0. The van der Waals surface area contributed by atoms with Gasteiger partial charge in [0.1, 0.15) is 0 Å². The summed E-state index contributed by atoms with van der Waals surface area (Å²) in [5, 5.41) is 12.4. The molecule has 0 radical (unpaired) electrons. The van der Waals surface area contributed by atoms with E-state index < -0.39 is 17.8 Å². The summed E-state index contributed by atoms with van der Waals surface area (Å²) in [6.45, 7) is 2.76. The SMILES string of the molecule is OCCC[C@H](c1c(Cl)cccc1C(F)(F)F)N1CCNCC1. The molecule has 2 rings (SSSR count). The van der Waals surface area contributed by atoms with Crippen molar-refractivity contribution in [2.45, 2.75) is 25.1 Å². The summed E-state index contributed by atoms with van der Waals surface area (Å²) in [6.07, 6.45) is -3.55. The van der Waals surface area contributed by atoms with Gasteiger partial charge in [-0.2, -0.15) is 13.2 Å². The number of nitrogens with one attached hydrogen (secondary N) is 1. The van der Waals surface area contributed by atoms with E-state index in [0.29, 0.717) is 25.9 Å². The lowest BCUT2D eigenvalue weighted by atomic mass is 9.94. The number of piperazine rings is 1. The van der Waals surface area contributed by atoms with Crippen LogP contribution in [-0.2, 0) is 6.18 Å². The van der Waals surface area contributed by atoms with Crippen LogP contribution in [0.1, 0.15) is 30.0 Å². The molecule has 1 atom stereocenters. The summed E-state index contributed by atoms with van der Waals surface area (Å²) in [6, 6.07) is 3.48. The Hall–Kier alpha value is -0.820. The van der Waals surface area contributed by atoms with Gasteiger partial charge in [-0.25, -0.2) is 0 Å². The van der Waals surface area contributed by atoms with Gasteiger partial charge in [-0.3, -0.25) is 4.90 Å². The first kappa shape index (κ1) is 17.5. The molecule has 1 aromatic rings. The average Bonchev–Trinajstić information content (AvgIpc) is 2.49. The minimum absolute atomic E-state index is 0.0472. The first-order chi connectivity index (χ1) is 10.4. The van der Waals surface area contributed by atoms with Crippen molar-refractivity contribution in [2.24, 2.45) is 0 Å². The number of nitrogens with zero attached hydrogens (tertiary/aromatic N) is 1. The van der Waals surface area contributed by atoms with Crippen molar-refractivity contribution in [1.29, 1.82) is 0 Å². The molecule has 7 heteroatoms. The van der Waals surface area contributed by atoms with Crippen LogP contribution in [0.4, 0.5) is 13.2 Å². The van der Waals surface area contributed by atoms with Crippen LogP contribution < -0.4 is 5.32 Å². The van der Waals surface area contributed by atoms with Gasteiger partial charge in [0.25, 0.3) is 0 Å². The van der Waals surface area contributed by atoms with Crippen LogP contribution in [0.2, 0.25) is 5.02 Å². The van der Waals surface area contributed by atoms with E-state index >= 15 is 0 Å². The Balaban J connectivity index is 2.41. The highest BCUT2D eigenvalue weighted by Crippen LogP contribution is 2.41. The highest BCUT2D eigenvalue weighted by atomic mass is 35.5. The van der Waals surface area contributed by atoms with Gasteiger partial charge in [0.15, 0.2) is 0 Å². The monoisotopic (exact) mass is 336 g/mol. The lowest BCUT2D eigenvalue weighted by molar-refractivity contribution is -0.138. The van der Waals surface area contributed by atoms with Gasteiger partial charge in [-0.1, -0.05) is 17.7 Å². The molecular weight excluding hydrogens is 317 g/mol. The molecular formula is C15H20ClF3N2O. The third kappa shape index (κ3) is 4.13. The molecule has 1 saturated heterocycles. The molecule has 0 saturated carbocycles. The maximum Gasteiger partial charge on any atom is 0.416 e. The fourth-order valence-corrected chi connectivity index (χ4v) is 3.21. The van der Waals surface area contributed by atoms with Gasteiger partial charge in [0, 0.05) is 49.4 Å². The highest BCUT2D eigenvalue weighted by Gasteiger charge is 2.37. The second-order valence-electron chi connectivity index (χ2n) is 5.37. The molecule has 2 N–H and O–H groups in total. The van der Waals surface area contributed by atoms with Crippen molar-refractivity contribution in [3.05, 3.63) is 34.3 Å². The second kappa shape index (κ2) is 7.64. The topological polar surface area (TPSA) is 35.5 Å². The molecule has 1 aliphatic rings. The molecule has 3 nitrogen and oxygen atoms in total. The largest absolute Gasteiger partial charge is 0.416 e. The van der Waals surface area contributed by atoms with E-state index in [1.807, 2.05) is 4.90 Å². The Labute approximate surface area is 133 Å². The summed E-state index contributed by atoms with van der Waals surface area (Å²) in [4.78, 5) is 2.02. The van der Waals surface area contributed by atoms with Gasteiger partial charge in [0.2, 0.25) is 0 Å². The molecule has 22 heavy (non-hydrogen) atoms. The molecule has 1 heterocycles. The van der Waals surface area contributed by atoms with Crippen molar-refractivity contribution in [1.82, 2.24) is 10.2 Å². The quantitative estimate of drug-likeness (QED) is 0.867. The van der Waals surface area contributed by atoms with Crippen molar-refractivity contribution in [3.63, 3.8) is 0 Å². The Morgan fingerprint density at radius 1 is 1.27 bits per heavy atom. The number of benzene rings is 1. The lowest BCUT2D eigenvalue weighted by Crippen LogP contribution is -2.45. The van der Waals surface area contributed by atoms with Crippen LogP contribution >= 0.6 is 11.6 Å². The number of alkyl halides is 3. The van der Waals surface area contributed by atoms with Gasteiger partial charge in [-0.05, 0) is 25.0 Å². The summed E-state index contributed by atoms with van der Waals surface area (Å²) >= 11 is 6.12. The Morgan fingerprint density at radius 3 is 2.55 bits per heavy atom. The van der Waals surface area contributed by atoms with E-state index in [-0.39, 0.29) is 17.2 Å². The predicted molar refractivity (Wildman–Crippen MR) is 80.0 cm³/mol. The number of hydrogen-bond donors (Lipinski definition) is 2. The summed E-state index contributed by atoms with van der Waals surface area (Å²) < 4.78 is 40.0. The number of aliphatic hydroxyl groups excluding tert-OH is 1. The molecule has 0 bridgehead atoms. The zero-order valence-electron chi connectivity index (χ0n) is 12.2. The van der Waals surface area contributed by atoms with Crippen molar-refractivity contribution in [2.75, 3.05) is 32.8 Å². The number of aliphatic hydroxyl groups is 1. The number of hydrogen-bond acceptors (Lipinski definition) is 3.